The van der Waals surface area contributed by atoms with Gasteiger partial charge in [-0.1, -0.05) is 24.3 Å². The summed E-state index contributed by atoms with van der Waals surface area (Å²) in [5.74, 6) is 0. The standard InChI is InChI=1S/C13H18O2/c14-12-7-3-1-2-5-11(12)6-4-8-13(11,15)10-9-12/h1,3-4,8,14-15H,2,5-7,9-10H2/t11-,12+,13-/m0/s1. The molecule has 1 spiro atoms. The molecule has 0 unspecified atom stereocenters. The van der Waals surface area contributed by atoms with Crippen LogP contribution in [0.15, 0.2) is 24.3 Å². The van der Waals surface area contributed by atoms with Gasteiger partial charge in [0.2, 0.25) is 0 Å². The third kappa shape index (κ3) is 0.969. The van der Waals surface area contributed by atoms with Gasteiger partial charge in [-0.2, -0.15) is 0 Å². The van der Waals surface area contributed by atoms with E-state index >= 15 is 0 Å². The molecule has 1 fully saturated rings. The van der Waals surface area contributed by atoms with Gasteiger partial charge in [0.25, 0.3) is 0 Å². The molecule has 2 nitrogen and oxygen atoms in total. The SMILES string of the molecule is O[C@@]12CC=CCC[C@]13CC=C[C@]3(O)CC2. The van der Waals surface area contributed by atoms with Crippen LogP contribution in [0.1, 0.15) is 38.5 Å². The van der Waals surface area contributed by atoms with E-state index in [0.717, 1.165) is 25.7 Å². The molecule has 3 aliphatic rings. The minimum absolute atomic E-state index is 0.302. The van der Waals surface area contributed by atoms with E-state index in [1.54, 1.807) is 0 Å². The number of hydrogen-bond donors (Lipinski definition) is 2. The fourth-order valence-corrected chi connectivity index (χ4v) is 3.92. The third-order valence-corrected chi connectivity index (χ3v) is 4.86. The van der Waals surface area contributed by atoms with Crippen LogP contribution < -0.4 is 0 Å². The highest BCUT2D eigenvalue weighted by Gasteiger charge is 2.66. The topological polar surface area (TPSA) is 40.5 Å². The maximum Gasteiger partial charge on any atom is 0.0915 e. The summed E-state index contributed by atoms with van der Waals surface area (Å²) in [4.78, 5) is 0. The van der Waals surface area contributed by atoms with Crippen molar-refractivity contribution in [3.05, 3.63) is 24.3 Å². The molecule has 3 rings (SSSR count). The molecule has 3 atom stereocenters. The Hall–Kier alpha value is -0.600. The predicted octanol–water partition coefficient (Wildman–Crippen LogP) is 1.93. The van der Waals surface area contributed by atoms with Crippen LogP contribution in [0.4, 0.5) is 0 Å². The summed E-state index contributed by atoms with van der Waals surface area (Å²) in [6.45, 7) is 0. The molecule has 3 aliphatic carbocycles. The molecule has 1 saturated carbocycles. The van der Waals surface area contributed by atoms with E-state index in [4.69, 9.17) is 0 Å². The van der Waals surface area contributed by atoms with Crippen LogP contribution in [0, 0.1) is 5.41 Å². The maximum absolute atomic E-state index is 10.8. The molecular weight excluding hydrogens is 188 g/mol. The quantitative estimate of drug-likeness (QED) is 0.594. The van der Waals surface area contributed by atoms with Crippen LogP contribution in [-0.2, 0) is 0 Å². The van der Waals surface area contributed by atoms with Gasteiger partial charge in [0, 0.05) is 5.41 Å². The average Bonchev–Trinajstić information content (AvgIpc) is 2.55. The first kappa shape index (κ1) is 9.61. The molecule has 82 valence electrons. The highest BCUT2D eigenvalue weighted by Crippen LogP contribution is 2.63. The van der Waals surface area contributed by atoms with E-state index in [0.29, 0.717) is 12.8 Å². The molecule has 0 aromatic carbocycles. The lowest BCUT2D eigenvalue weighted by molar-refractivity contribution is -0.123. The average molecular weight is 206 g/mol. The van der Waals surface area contributed by atoms with Crippen molar-refractivity contribution in [1.29, 1.82) is 0 Å². The zero-order chi connectivity index (χ0) is 10.6. The van der Waals surface area contributed by atoms with E-state index < -0.39 is 11.2 Å². The Bertz CT molecular complexity index is 346. The van der Waals surface area contributed by atoms with Crippen LogP contribution in [0.5, 0.6) is 0 Å². The fourth-order valence-electron chi connectivity index (χ4n) is 3.92. The highest BCUT2D eigenvalue weighted by atomic mass is 16.3. The minimum atomic E-state index is -0.742. The van der Waals surface area contributed by atoms with Gasteiger partial charge in [-0.3, -0.25) is 0 Å². The molecule has 0 heterocycles. The second kappa shape index (κ2) is 2.74. The highest BCUT2D eigenvalue weighted by molar-refractivity contribution is 5.30. The number of allylic oxidation sites excluding steroid dienone is 2. The van der Waals surface area contributed by atoms with Crippen LogP contribution in [0.25, 0.3) is 0 Å². The number of aliphatic hydroxyl groups is 2. The van der Waals surface area contributed by atoms with Crippen molar-refractivity contribution >= 4 is 0 Å². The molecule has 0 radical (unpaired) electrons. The van der Waals surface area contributed by atoms with Crippen LogP contribution in [0.3, 0.4) is 0 Å². The predicted molar refractivity (Wildman–Crippen MR) is 58.3 cm³/mol. The zero-order valence-corrected chi connectivity index (χ0v) is 8.95. The molecule has 0 aliphatic heterocycles. The Morgan fingerprint density at radius 1 is 0.867 bits per heavy atom. The van der Waals surface area contributed by atoms with Crippen molar-refractivity contribution in [3.8, 4) is 0 Å². The number of hydrogen-bond acceptors (Lipinski definition) is 2. The summed E-state index contributed by atoms with van der Waals surface area (Å²) >= 11 is 0. The summed E-state index contributed by atoms with van der Waals surface area (Å²) in [6, 6.07) is 0. The van der Waals surface area contributed by atoms with Gasteiger partial charge in [0.05, 0.1) is 11.2 Å². The largest absolute Gasteiger partial charge is 0.389 e. The van der Waals surface area contributed by atoms with E-state index in [1.807, 2.05) is 6.08 Å². The molecule has 0 aromatic heterocycles. The van der Waals surface area contributed by atoms with Crippen molar-refractivity contribution in [2.24, 2.45) is 5.41 Å². The Morgan fingerprint density at radius 2 is 1.73 bits per heavy atom. The number of rotatable bonds is 0. The molecule has 0 amide bonds. The van der Waals surface area contributed by atoms with Crippen molar-refractivity contribution in [2.75, 3.05) is 0 Å². The molecule has 2 heteroatoms. The molecular formula is C13H18O2. The van der Waals surface area contributed by atoms with Crippen LogP contribution in [-0.4, -0.2) is 21.4 Å². The zero-order valence-electron chi connectivity index (χ0n) is 8.95. The lowest BCUT2D eigenvalue weighted by Gasteiger charge is -2.45. The third-order valence-electron chi connectivity index (χ3n) is 4.86. The Labute approximate surface area is 90.3 Å². The van der Waals surface area contributed by atoms with Gasteiger partial charge in [-0.25, -0.2) is 0 Å². The molecule has 2 N–H and O–H groups in total. The molecule has 0 saturated heterocycles. The lowest BCUT2D eigenvalue weighted by atomic mass is 9.65. The van der Waals surface area contributed by atoms with Gasteiger partial charge in [0.15, 0.2) is 0 Å². The summed E-state index contributed by atoms with van der Waals surface area (Å²) in [5, 5.41) is 21.4. The van der Waals surface area contributed by atoms with Gasteiger partial charge < -0.3 is 10.2 Å². The summed E-state index contributed by atoms with van der Waals surface area (Å²) in [5.41, 5.74) is -1.73. The minimum Gasteiger partial charge on any atom is -0.389 e. The Morgan fingerprint density at radius 3 is 2.60 bits per heavy atom. The molecule has 0 aromatic rings. The van der Waals surface area contributed by atoms with Crippen molar-refractivity contribution in [1.82, 2.24) is 0 Å². The van der Waals surface area contributed by atoms with Crippen molar-refractivity contribution in [2.45, 2.75) is 49.7 Å². The fraction of sp³-hybridized carbons (Fsp3) is 0.692. The van der Waals surface area contributed by atoms with E-state index in [2.05, 4.69) is 18.2 Å². The van der Waals surface area contributed by atoms with Crippen molar-refractivity contribution in [3.63, 3.8) is 0 Å². The second-order valence-electron chi connectivity index (χ2n) is 5.36. The summed E-state index contributed by atoms with van der Waals surface area (Å²) < 4.78 is 0. The van der Waals surface area contributed by atoms with E-state index in [1.165, 1.54) is 0 Å². The van der Waals surface area contributed by atoms with Gasteiger partial charge in [-0.15, -0.1) is 0 Å². The maximum atomic E-state index is 10.8. The normalized spacial score (nSPS) is 52.7. The smallest absolute Gasteiger partial charge is 0.0915 e. The van der Waals surface area contributed by atoms with Crippen LogP contribution in [0.2, 0.25) is 0 Å². The van der Waals surface area contributed by atoms with Crippen molar-refractivity contribution < 1.29 is 10.2 Å². The summed E-state index contributed by atoms with van der Waals surface area (Å²) in [7, 11) is 0. The Kier molecular flexibility index (Phi) is 1.76. The second-order valence-corrected chi connectivity index (χ2v) is 5.36. The first-order valence-electron chi connectivity index (χ1n) is 5.90. The summed E-state index contributed by atoms with van der Waals surface area (Å²) in [6.07, 6.45) is 13.1. The van der Waals surface area contributed by atoms with Gasteiger partial charge in [0.1, 0.15) is 0 Å². The van der Waals surface area contributed by atoms with E-state index in [-0.39, 0.29) is 5.41 Å². The first-order chi connectivity index (χ1) is 7.12. The van der Waals surface area contributed by atoms with Gasteiger partial charge in [-0.05, 0) is 38.5 Å². The first-order valence-corrected chi connectivity index (χ1v) is 5.90. The van der Waals surface area contributed by atoms with Gasteiger partial charge >= 0.3 is 0 Å². The Balaban J connectivity index is 2.09. The van der Waals surface area contributed by atoms with E-state index in [9.17, 15) is 10.2 Å². The molecule has 0 bridgehead atoms. The lowest BCUT2D eigenvalue weighted by Crippen LogP contribution is -2.52. The van der Waals surface area contributed by atoms with Crippen LogP contribution >= 0.6 is 0 Å². The monoisotopic (exact) mass is 206 g/mol. The molecule has 15 heavy (non-hydrogen) atoms.